The van der Waals surface area contributed by atoms with Crippen LogP contribution in [0, 0.1) is 0 Å². The summed E-state index contributed by atoms with van der Waals surface area (Å²) >= 11 is 0. The molecule has 2 rings (SSSR count). The van der Waals surface area contributed by atoms with Gasteiger partial charge in [-0.2, -0.15) is 0 Å². The van der Waals surface area contributed by atoms with E-state index >= 15 is 0 Å². The molecule has 0 saturated heterocycles. The molecular weight excluding hydrogens is 396 g/mol. The van der Waals surface area contributed by atoms with Gasteiger partial charge in [0.25, 0.3) is 0 Å². The minimum absolute atomic E-state index is 0.569. The van der Waals surface area contributed by atoms with E-state index < -0.39 is 0 Å². The summed E-state index contributed by atoms with van der Waals surface area (Å²) in [4.78, 5) is 0. The highest BCUT2D eigenvalue weighted by atomic mass is 14.2. The molecule has 0 radical (unpaired) electrons. The molecule has 0 heterocycles. The van der Waals surface area contributed by atoms with Gasteiger partial charge >= 0.3 is 0 Å². The largest absolute Gasteiger partial charge is 0.0651 e. The van der Waals surface area contributed by atoms with E-state index in [0.717, 1.165) is 0 Å². The van der Waals surface area contributed by atoms with E-state index in [9.17, 15) is 0 Å². The van der Waals surface area contributed by atoms with Crippen LogP contribution in [0.5, 0.6) is 0 Å². The van der Waals surface area contributed by atoms with Crippen LogP contribution in [0.3, 0.4) is 0 Å². The highest BCUT2D eigenvalue weighted by Crippen LogP contribution is 2.33. The Morgan fingerprint density at radius 2 is 0.818 bits per heavy atom. The van der Waals surface area contributed by atoms with Gasteiger partial charge in [0, 0.05) is 0 Å². The van der Waals surface area contributed by atoms with Gasteiger partial charge in [-0.15, -0.1) is 0 Å². The van der Waals surface area contributed by atoms with Crippen molar-refractivity contribution >= 4 is 0 Å². The van der Waals surface area contributed by atoms with Gasteiger partial charge < -0.3 is 0 Å². The third-order valence-corrected chi connectivity index (χ3v) is 7.29. The molecule has 0 N–H and O–H groups in total. The van der Waals surface area contributed by atoms with Gasteiger partial charge in [-0.05, 0) is 95.4 Å². The van der Waals surface area contributed by atoms with Gasteiger partial charge in [0.1, 0.15) is 0 Å². The molecule has 0 aliphatic heterocycles. The fourth-order valence-corrected chi connectivity index (χ4v) is 5.88. The Hall–Kier alpha value is -1.56. The van der Waals surface area contributed by atoms with Crippen LogP contribution >= 0.6 is 0 Å². The first-order chi connectivity index (χ1) is 16.1. The lowest BCUT2D eigenvalue weighted by Gasteiger charge is -2.25. The lowest BCUT2D eigenvalue weighted by Crippen LogP contribution is -2.11. The molecule has 2 aromatic carbocycles. The highest BCUT2D eigenvalue weighted by molar-refractivity contribution is 5.46. The molecule has 0 saturated carbocycles. The zero-order chi connectivity index (χ0) is 24.2. The maximum atomic E-state index is 2.50. The molecular formula is C33H52. The molecule has 0 aromatic heterocycles. The zero-order valence-corrected chi connectivity index (χ0v) is 23.1. The number of rotatable bonds is 15. The van der Waals surface area contributed by atoms with Crippen LogP contribution in [0.1, 0.15) is 137 Å². The summed E-state index contributed by atoms with van der Waals surface area (Å²) < 4.78 is 0. The molecule has 1 atom stereocenters. The minimum Gasteiger partial charge on any atom is -0.0651 e. The van der Waals surface area contributed by atoms with Crippen molar-refractivity contribution in [2.75, 3.05) is 0 Å². The Morgan fingerprint density at radius 3 is 1.30 bits per heavy atom. The van der Waals surface area contributed by atoms with Crippen molar-refractivity contribution < 1.29 is 0 Å². The lowest BCUT2D eigenvalue weighted by atomic mass is 9.80. The van der Waals surface area contributed by atoms with Crippen LogP contribution in [0.25, 0.3) is 0 Å². The van der Waals surface area contributed by atoms with E-state index in [4.69, 9.17) is 0 Å². The molecule has 0 nitrogen and oxygen atoms in total. The Labute approximate surface area is 206 Å². The van der Waals surface area contributed by atoms with E-state index in [1.165, 1.54) is 83.5 Å². The summed E-state index contributed by atoms with van der Waals surface area (Å²) in [7, 11) is 0. The maximum absolute atomic E-state index is 2.50. The first-order valence-electron chi connectivity index (χ1n) is 14.3. The summed E-state index contributed by atoms with van der Waals surface area (Å²) in [6, 6.07) is 9.93. The van der Waals surface area contributed by atoms with Crippen LogP contribution in [-0.2, 0) is 44.9 Å². The Balaban J connectivity index is 2.51. The Kier molecular flexibility index (Phi) is 12.3. The van der Waals surface area contributed by atoms with Gasteiger partial charge in [0.05, 0.1) is 0 Å². The Morgan fingerprint density at radius 1 is 0.455 bits per heavy atom. The molecule has 0 fully saturated rings. The van der Waals surface area contributed by atoms with Crippen molar-refractivity contribution in [1.82, 2.24) is 0 Å². The first kappa shape index (κ1) is 27.7. The molecule has 0 bridgehead atoms. The second kappa shape index (κ2) is 14.6. The second-order valence-electron chi connectivity index (χ2n) is 10.2. The average molecular weight is 449 g/mol. The molecule has 184 valence electrons. The molecule has 1 unspecified atom stereocenters. The van der Waals surface area contributed by atoms with Gasteiger partial charge in [0.2, 0.25) is 0 Å². The van der Waals surface area contributed by atoms with E-state index in [1.807, 2.05) is 0 Å². The molecule has 0 amide bonds. The van der Waals surface area contributed by atoms with E-state index in [-0.39, 0.29) is 0 Å². The molecule has 0 aliphatic rings. The standard InChI is InChI=1S/C33H52/c1-8-14-26-20-21-28(32(18-12-5)30(26)16-10-3)24-25(7)29-23-22-27(15-9-2)31(17-11-4)33(29)19-13-6/h20-23,25H,8-19,24H2,1-7H3. The van der Waals surface area contributed by atoms with Crippen LogP contribution in [0.4, 0.5) is 0 Å². The number of benzene rings is 2. The number of hydrogen-bond acceptors (Lipinski definition) is 0. The number of hydrogen-bond donors (Lipinski definition) is 0. The van der Waals surface area contributed by atoms with E-state index in [2.05, 4.69) is 72.7 Å². The van der Waals surface area contributed by atoms with Crippen molar-refractivity contribution in [3.63, 3.8) is 0 Å². The van der Waals surface area contributed by atoms with Crippen LogP contribution in [-0.4, -0.2) is 0 Å². The highest BCUT2D eigenvalue weighted by Gasteiger charge is 2.19. The molecule has 2 aromatic rings. The quantitative estimate of drug-likeness (QED) is 0.254. The van der Waals surface area contributed by atoms with Crippen molar-refractivity contribution in [3.8, 4) is 0 Å². The molecule has 33 heavy (non-hydrogen) atoms. The van der Waals surface area contributed by atoms with E-state index in [1.54, 1.807) is 44.5 Å². The predicted octanol–water partition coefficient (Wildman–Crippen LogP) is 9.75. The maximum Gasteiger partial charge on any atom is -0.0147 e. The van der Waals surface area contributed by atoms with Crippen molar-refractivity contribution in [3.05, 3.63) is 68.8 Å². The van der Waals surface area contributed by atoms with Crippen LogP contribution in [0.15, 0.2) is 24.3 Å². The summed E-state index contributed by atoms with van der Waals surface area (Å²) in [5.41, 5.74) is 13.2. The van der Waals surface area contributed by atoms with Crippen molar-refractivity contribution in [2.45, 2.75) is 138 Å². The smallest absolute Gasteiger partial charge is 0.0147 e. The third kappa shape index (κ3) is 7.21. The summed E-state index contributed by atoms with van der Waals surface area (Å²) in [6.45, 7) is 16.5. The summed E-state index contributed by atoms with van der Waals surface area (Å²) in [6.07, 6.45) is 16.0. The van der Waals surface area contributed by atoms with Gasteiger partial charge in [-0.1, -0.05) is 111 Å². The van der Waals surface area contributed by atoms with Crippen LogP contribution < -0.4 is 0 Å². The topological polar surface area (TPSA) is 0 Å². The van der Waals surface area contributed by atoms with E-state index in [0.29, 0.717) is 5.92 Å². The van der Waals surface area contributed by atoms with Crippen molar-refractivity contribution in [1.29, 1.82) is 0 Å². The molecule has 0 aliphatic carbocycles. The lowest BCUT2D eigenvalue weighted by molar-refractivity contribution is 0.714. The van der Waals surface area contributed by atoms with Crippen LogP contribution in [0.2, 0.25) is 0 Å². The second-order valence-corrected chi connectivity index (χ2v) is 10.2. The SMILES string of the molecule is CCCc1ccc(CC(C)c2ccc(CCC)c(CCC)c2CCC)c(CCC)c1CCC. The van der Waals surface area contributed by atoms with Gasteiger partial charge in [0.15, 0.2) is 0 Å². The summed E-state index contributed by atoms with van der Waals surface area (Å²) in [5, 5.41) is 0. The fourth-order valence-electron chi connectivity index (χ4n) is 5.88. The predicted molar refractivity (Wildman–Crippen MR) is 149 cm³/mol. The molecule has 0 heteroatoms. The van der Waals surface area contributed by atoms with Gasteiger partial charge in [-0.3, -0.25) is 0 Å². The molecule has 0 spiro atoms. The Bertz CT molecular complexity index is 842. The third-order valence-electron chi connectivity index (χ3n) is 7.29. The zero-order valence-electron chi connectivity index (χ0n) is 23.1. The average Bonchev–Trinajstić information content (AvgIpc) is 2.80. The first-order valence-corrected chi connectivity index (χ1v) is 14.3. The summed E-state index contributed by atoms with van der Waals surface area (Å²) in [5.74, 6) is 0.569. The normalized spacial score (nSPS) is 12.3. The number of aryl methyl sites for hydroxylation is 2. The fraction of sp³-hybridized carbons (Fsp3) is 0.636. The monoisotopic (exact) mass is 448 g/mol. The van der Waals surface area contributed by atoms with Crippen molar-refractivity contribution in [2.24, 2.45) is 0 Å². The van der Waals surface area contributed by atoms with Gasteiger partial charge in [-0.25, -0.2) is 0 Å². The minimum atomic E-state index is 0.569.